The molecule has 0 atom stereocenters. The van der Waals surface area contributed by atoms with Crippen molar-refractivity contribution in [3.8, 4) is 11.4 Å². The molecular weight excluding hydrogens is 360 g/mol. The number of para-hydroxylation sites is 1. The minimum Gasteiger partial charge on any atom is -0.364 e. The monoisotopic (exact) mass is 379 g/mol. The second-order valence-electron chi connectivity index (χ2n) is 7.21. The fourth-order valence-corrected chi connectivity index (χ4v) is 3.73. The van der Waals surface area contributed by atoms with Crippen LogP contribution >= 0.6 is 0 Å². The van der Waals surface area contributed by atoms with Gasteiger partial charge in [0.25, 0.3) is 0 Å². The van der Waals surface area contributed by atoms with Crippen LogP contribution in [-0.2, 0) is 0 Å². The Morgan fingerprint density at radius 2 is 1.82 bits per heavy atom. The fourth-order valence-electron chi connectivity index (χ4n) is 3.73. The van der Waals surface area contributed by atoms with E-state index < -0.39 is 11.6 Å². The highest BCUT2D eigenvalue weighted by Gasteiger charge is 2.24. The Bertz CT molecular complexity index is 1180. The second-order valence-corrected chi connectivity index (χ2v) is 7.21. The summed E-state index contributed by atoms with van der Waals surface area (Å²) >= 11 is 0. The molecule has 2 aromatic heterocycles. The van der Waals surface area contributed by atoms with E-state index in [2.05, 4.69) is 19.9 Å². The fraction of sp³-hybridized carbons (Fsp3) is 0.238. The van der Waals surface area contributed by atoms with Crippen LogP contribution < -0.4 is 4.90 Å². The highest BCUT2D eigenvalue weighted by molar-refractivity contribution is 5.87. The molecule has 5 rings (SSSR count). The molecule has 5 nitrogen and oxygen atoms in total. The van der Waals surface area contributed by atoms with Gasteiger partial charge in [-0.05, 0) is 19.2 Å². The Morgan fingerprint density at radius 1 is 1.04 bits per heavy atom. The van der Waals surface area contributed by atoms with E-state index in [0.29, 0.717) is 24.4 Å². The Labute approximate surface area is 160 Å². The molecule has 142 valence electrons. The molecule has 4 aromatic rings. The van der Waals surface area contributed by atoms with Gasteiger partial charge in [0.1, 0.15) is 17.0 Å². The maximum Gasteiger partial charge on any atom is 0.177 e. The summed E-state index contributed by atoms with van der Waals surface area (Å²) in [6.45, 7) is 2.71. The number of hydrogen-bond acceptors (Lipinski definition) is 4. The first-order valence-corrected chi connectivity index (χ1v) is 9.26. The standard InChI is InChI=1S/C21H19F2N5/c1-27-6-8-28(9-7-27)20-15(22)11-17-19(18(20)23)26-21(25-17)14-10-13-4-2-3-5-16(13)24-12-14/h2-5,10-12H,6-9H2,1H3,(H,25,26). The summed E-state index contributed by atoms with van der Waals surface area (Å²) in [7, 11) is 2.00. The average Bonchev–Trinajstić information content (AvgIpc) is 3.13. The quantitative estimate of drug-likeness (QED) is 0.575. The van der Waals surface area contributed by atoms with Crippen LogP contribution in [0.3, 0.4) is 0 Å². The molecule has 0 unspecified atom stereocenters. The maximum absolute atomic E-state index is 15.2. The van der Waals surface area contributed by atoms with Gasteiger partial charge in [-0.2, -0.15) is 0 Å². The lowest BCUT2D eigenvalue weighted by Crippen LogP contribution is -2.45. The number of nitrogens with one attached hydrogen (secondary N) is 1. The van der Waals surface area contributed by atoms with Gasteiger partial charge in [-0.3, -0.25) is 4.98 Å². The molecule has 1 N–H and O–H groups in total. The lowest BCUT2D eigenvalue weighted by atomic mass is 10.1. The summed E-state index contributed by atoms with van der Waals surface area (Å²) in [6.07, 6.45) is 1.69. The molecule has 0 bridgehead atoms. The van der Waals surface area contributed by atoms with Crippen LogP contribution in [-0.4, -0.2) is 53.1 Å². The van der Waals surface area contributed by atoms with Gasteiger partial charge >= 0.3 is 0 Å². The van der Waals surface area contributed by atoms with Crippen molar-refractivity contribution in [3.05, 3.63) is 54.2 Å². The molecule has 0 amide bonds. The highest BCUT2D eigenvalue weighted by atomic mass is 19.1. The van der Waals surface area contributed by atoms with E-state index in [4.69, 9.17) is 0 Å². The van der Waals surface area contributed by atoms with Crippen molar-refractivity contribution >= 4 is 27.6 Å². The van der Waals surface area contributed by atoms with Gasteiger partial charge in [-0.15, -0.1) is 0 Å². The summed E-state index contributed by atoms with van der Waals surface area (Å²) in [5.74, 6) is -0.709. The number of aromatic amines is 1. The van der Waals surface area contributed by atoms with Gasteiger partial charge in [0, 0.05) is 49.4 Å². The first-order chi connectivity index (χ1) is 13.6. The van der Waals surface area contributed by atoms with E-state index in [1.165, 1.54) is 6.07 Å². The zero-order valence-electron chi connectivity index (χ0n) is 15.4. The van der Waals surface area contributed by atoms with E-state index in [1.807, 2.05) is 37.4 Å². The van der Waals surface area contributed by atoms with Crippen LogP contribution in [0.1, 0.15) is 0 Å². The molecule has 0 radical (unpaired) electrons. The summed E-state index contributed by atoms with van der Waals surface area (Å²) in [5.41, 5.74) is 2.11. The number of piperazine rings is 1. The number of likely N-dealkylation sites (N-methyl/N-ethyl adjacent to an activating group) is 1. The summed E-state index contributed by atoms with van der Waals surface area (Å²) in [4.78, 5) is 15.8. The molecule has 1 aliphatic rings. The zero-order chi connectivity index (χ0) is 19.3. The zero-order valence-corrected chi connectivity index (χ0v) is 15.4. The Hall–Kier alpha value is -3.06. The molecule has 0 saturated carbocycles. The number of aromatic nitrogens is 3. The van der Waals surface area contributed by atoms with Crippen LogP contribution in [0.2, 0.25) is 0 Å². The number of H-pyrrole nitrogens is 1. The molecule has 0 spiro atoms. The van der Waals surface area contributed by atoms with Crippen LogP contribution in [0.4, 0.5) is 14.5 Å². The number of nitrogens with zero attached hydrogens (tertiary/aromatic N) is 4. The highest BCUT2D eigenvalue weighted by Crippen LogP contribution is 2.32. The summed E-state index contributed by atoms with van der Waals surface area (Å²) in [6, 6.07) is 11.0. The second kappa shape index (κ2) is 6.53. The predicted octanol–water partition coefficient (Wildman–Crippen LogP) is 3.81. The molecule has 1 fully saturated rings. The Kier molecular flexibility index (Phi) is 3.98. The van der Waals surface area contributed by atoms with Gasteiger partial charge in [-0.25, -0.2) is 13.8 Å². The Morgan fingerprint density at radius 3 is 2.64 bits per heavy atom. The first kappa shape index (κ1) is 17.1. The maximum atomic E-state index is 15.2. The number of fused-ring (bicyclic) bond motifs is 2. The third-order valence-corrected chi connectivity index (χ3v) is 5.33. The minimum absolute atomic E-state index is 0.00952. The molecule has 1 saturated heterocycles. The number of benzene rings is 2. The van der Waals surface area contributed by atoms with Crippen LogP contribution in [0.15, 0.2) is 42.6 Å². The van der Waals surface area contributed by atoms with Crippen molar-refractivity contribution in [3.63, 3.8) is 0 Å². The number of pyridine rings is 1. The van der Waals surface area contributed by atoms with Crippen molar-refractivity contribution in [2.24, 2.45) is 0 Å². The van der Waals surface area contributed by atoms with Crippen molar-refractivity contribution in [2.45, 2.75) is 0 Å². The average molecular weight is 379 g/mol. The topological polar surface area (TPSA) is 48.0 Å². The number of hydrogen-bond donors (Lipinski definition) is 1. The minimum atomic E-state index is -0.615. The lowest BCUT2D eigenvalue weighted by Gasteiger charge is -2.34. The Balaban J connectivity index is 1.59. The summed E-state index contributed by atoms with van der Waals surface area (Å²) < 4.78 is 29.9. The molecule has 28 heavy (non-hydrogen) atoms. The SMILES string of the molecule is CN1CCN(c2c(F)cc3[nH]c(-c4cnc5ccccc5c4)nc3c2F)CC1. The van der Waals surface area contributed by atoms with Crippen LogP contribution in [0.25, 0.3) is 33.3 Å². The predicted molar refractivity (Wildman–Crippen MR) is 106 cm³/mol. The van der Waals surface area contributed by atoms with E-state index in [0.717, 1.165) is 29.6 Å². The van der Waals surface area contributed by atoms with Gasteiger partial charge in [-0.1, -0.05) is 18.2 Å². The molecule has 2 aromatic carbocycles. The summed E-state index contributed by atoms with van der Waals surface area (Å²) in [5, 5.41) is 0.963. The third-order valence-electron chi connectivity index (χ3n) is 5.33. The number of halogens is 2. The van der Waals surface area contributed by atoms with E-state index in [1.54, 1.807) is 11.1 Å². The number of rotatable bonds is 2. The molecule has 7 heteroatoms. The van der Waals surface area contributed by atoms with E-state index in [9.17, 15) is 4.39 Å². The largest absolute Gasteiger partial charge is 0.364 e. The molecule has 0 aliphatic carbocycles. The van der Waals surface area contributed by atoms with Gasteiger partial charge in [0.05, 0.1) is 11.0 Å². The number of anilines is 1. The van der Waals surface area contributed by atoms with Crippen molar-refractivity contribution < 1.29 is 8.78 Å². The van der Waals surface area contributed by atoms with Gasteiger partial charge in [0.15, 0.2) is 11.6 Å². The molecule has 1 aliphatic heterocycles. The first-order valence-electron chi connectivity index (χ1n) is 9.26. The number of imidazole rings is 1. The van der Waals surface area contributed by atoms with Crippen LogP contribution in [0.5, 0.6) is 0 Å². The van der Waals surface area contributed by atoms with E-state index in [-0.39, 0.29) is 11.2 Å². The smallest absolute Gasteiger partial charge is 0.177 e. The van der Waals surface area contributed by atoms with E-state index >= 15 is 4.39 Å². The van der Waals surface area contributed by atoms with Crippen molar-refractivity contribution in [1.82, 2.24) is 19.9 Å². The molecule has 3 heterocycles. The van der Waals surface area contributed by atoms with Gasteiger partial charge < -0.3 is 14.8 Å². The lowest BCUT2D eigenvalue weighted by molar-refractivity contribution is 0.310. The molecular formula is C21H19F2N5. The van der Waals surface area contributed by atoms with Gasteiger partial charge in [0.2, 0.25) is 0 Å². The normalized spacial score (nSPS) is 15.6. The van der Waals surface area contributed by atoms with Crippen molar-refractivity contribution in [1.29, 1.82) is 0 Å². The third kappa shape index (κ3) is 2.79. The van der Waals surface area contributed by atoms with Crippen molar-refractivity contribution in [2.75, 3.05) is 38.1 Å². The van der Waals surface area contributed by atoms with Crippen LogP contribution in [0, 0.1) is 11.6 Å².